The van der Waals surface area contributed by atoms with E-state index in [1.54, 1.807) is 11.9 Å². The normalized spacial score (nSPS) is 10.6. The molecule has 1 heterocycles. The summed E-state index contributed by atoms with van der Waals surface area (Å²) in [5.74, 6) is 0.499. The van der Waals surface area contributed by atoms with Gasteiger partial charge in [-0.25, -0.2) is 4.98 Å². The number of hydrogen-bond donors (Lipinski definition) is 0. The topological polar surface area (TPSA) is 46.3 Å². The van der Waals surface area contributed by atoms with Gasteiger partial charge in [-0.1, -0.05) is 41.9 Å². The monoisotopic (exact) mass is 340 g/mol. The van der Waals surface area contributed by atoms with Gasteiger partial charge in [-0.2, -0.15) is 0 Å². The maximum Gasteiger partial charge on any atom is 0.228 e. The number of carbonyl (C=O) groups is 1. The first kappa shape index (κ1) is 16.3. The standard InChI is InChI=1S/C19H17ClN2O2/c1-22(12-14-6-5-9-16(20)10-14)18(23)11-17-13-24-19(21-17)15-7-3-2-4-8-15/h2-10,13H,11-12H2,1H3. The molecule has 0 saturated heterocycles. The average Bonchev–Trinajstić information content (AvgIpc) is 3.04. The maximum atomic E-state index is 12.4. The highest BCUT2D eigenvalue weighted by atomic mass is 35.5. The molecule has 5 heteroatoms. The molecule has 0 spiro atoms. The van der Waals surface area contributed by atoms with Crippen LogP contribution in [0, 0.1) is 0 Å². The van der Waals surface area contributed by atoms with Crippen molar-refractivity contribution < 1.29 is 9.21 Å². The zero-order chi connectivity index (χ0) is 16.9. The van der Waals surface area contributed by atoms with Crippen molar-refractivity contribution in [2.75, 3.05) is 7.05 Å². The first-order valence-corrected chi connectivity index (χ1v) is 7.98. The van der Waals surface area contributed by atoms with Crippen LogP contribution in [0.4, 0.5) is 0 Å². The number of hydrogen-bond acceptors (Lipinski definition) is 3. The van der Waals surface area contributed by atoms with Crippen LogP contribution in [0.15, 0.2) is 65.3 Å². The molecule has 24 heavy (non-hydrogen) atoms. The second kappa shape index (κ2) is 7.32. The highest BCUT2D eigenvalue weighted by Gasteiger charge is 2.14. The number of benzene rings is 2. The van der Waals surface area contributed by atoms with Gasteiger partial charge in [0, 0.05) is 24.2 Å². The summed E-state index contributed by atoms with van der Waals surface area (Å²) in [5, 5.41) is 0.664. The molecule has 3 rings (SSSR count). The van der Waals surface area contributed by atoms with Gasteiger partial charge in [-0.15, -0.1) is 0 Å². The van der Waals surface area contributed by atoms with Gasteiger partial charge in [0.05, 0.1) is 12.1 Å². The predicted molar refractivity (Wildman–Crippen MR) is 93.6 cm³/mol. The number of likely N-dealkylation sites (N-methyl/N-ethyl adjacent to an activating group) is 1. The SMILES string of the molecule is CN(Cc1cccc(Cl)c1)C(=O)Cc1coc(-c2ccccc2)n1. The Morgan fingerprint density at radius 2 is 1.96 bits per heavy atom. The molecule has 1 aromatic heterocycles. The second-order valence-corrected chi connectivity index (χ2v) is 6.00. The molecule has 0 unspecified atom stereocenters. The summed E-state index contributed by atoms with van der Waals surface area (Å²) in [6.07, 6.45) is 1.74. The van der Waals surface area contributed by atoms with Crippen LogP contribution in [-0.4, -0.2) is 22.8 Å². The van der Waals surface area contributed by atoms with Crippen LogP contribution in [0.1, 0.15) is 11.3 Å². The van der Waals surface area contributed by atoms with Crippen LogP contribution >= 0.6 is 11.6 Å². The van der Waals surface area contributed by atoms with Gasteiger partial charge in [0.2, 0.25) is 11.8 Å². The summed E-state index contributed by atoms with van der Waals surface area (Å²) in [6.45, 7) is 0.503. The lowest BCUT2D eigenvalue weighted by Crippen LogP contribution is -2.27. The molecule has 1 amide bonds. The summed E-state index contributed by atoms with van der Waals surface area (Å²) in [5.41, 5.74) is 2.50. The van der Waals surface area contributed by atoms with Crippen molar-refractivity contribution in [1.29, 1.82) is 0 Å². The number of halogens is 1. The second-order valence-electron chi connectivity index (χ2n) is 5.57. The Labute approximate surface area is 145 Å². The minimum atomic E-state index is -0.0251. The molecule has 0 N–H and O–H groups in total. The lowest BCUT2D eigenvalue weighted by molar-refractivity contribution is -0.129. The van der Waals surface area contributed by atoms with E-state index in [2.05, 4.69) is 4.98 Å². The number of rotatable bonds is 5. The molecule has 4 nitrogen and oxygen atoms in total. The Bertz CT molecular complexity index is 830. The average molecular weight is 341 g/mol. The van der Waals surface area contributed by atoms with Crippen LogP contribution in [0.25, 0.3) is 11.5 Å². The highest BCUT2D eigenvalue weighted by Crippen LogP contribution is 2.18. The third kappa shape index (κ3) is 4.03. The van der Waals surface area contributed by atoms with Crippen molar-refractivity contribution in [2.24, 2.45) is 0 Å². The van der Waals surface area contributed by atoms with Gasteiger partial charge in [0.15, 0.2) is 0 Å². The lowest BCUT2D eigenvalue weighted by atomic mass is 10.2. The molecule has 0 atom stereocenters. The van der Waals surface area contributed by atoms with Crippen molar-refractivity contribution in [3.05, 3.63) is 77.1 Å². The van der Waals surface area contributed by atoms with Crippen LogP contribution in [0.3, 0.4) is 0 Å². The third-order valence-electron chi connectivity index (χ3n) is 3.64. The highest BCUT2D eigenvalue weighted by molar-refractivity contribution is 6.30. The number of carbonyl (C=O) groups excluding carboxylic acids is 1. The van der Waals surface area contributed by atoms with Crippen LogP contribution < -0.4 is 0 Å². The van der Waals surface area contributed by atoms with E-state index in [-0.39, 0.29) is 12.3 Å². The molecular weight excluding hydrogens is 324 g/mol. The van der Waals surface area contributed by atoms with E-state index in [1.807, 2.05) is 54.6 Å². The Balaban J connectivity index is 1.63. The maximum absolute atomic E-state index is 12.4. The largest absolute Gasteiger partial charge is 0.444 e. The minimum Gasteiger partial charge on any atom is -0.444 e. The van der Waals surface area contributed by atoms with Crippen LogP contribution in [-0.2, 0) is 17.8 Å². The van der Waals surface area contributed by atoms with E-state index in [0.29, 0.717) is 23.2 Å². The molecule has 0 saturated carbocycles. The molecule has 0 aliphatic rings. The van der Waals surface area contributed by atoms with Gasteiger partial charge < -0.3 is 9.32 Å². The Hall–Kier alpha value is -2.59. The fourth-order valence-electron chi connectivity index (χ4n) is 2.39. The molecule has 2 aromatic carbocycles. The summed E-state index contributed by atoms with van der Waals surface area (Å²) in [6, 6.07) is 17.1. The fraction of sp³-hybridized carbons (Fsp3) is 0.158. The Kier molecular flexibility index (Phi) is 4.96. The van der Waals surface area contributed by atoms with E-state index in [0.717, 1.165) is 11.1 Å². The lowest BCUT2D eigenvalue weighted by Gasteiger charge is -2.16. The van der Waals surface area contributed by atoms with Gasteiger partial charge in [-0.05, 0) is 29.8 Å². The van der Waals surface area contributed by atoms with Gasteiger partial charge in [-0.3, -0.25) is 4.79 Å². The summed E-state index contributed by atoms with van der Waals surface area (Å²) in [7, 11) is 1.77. The number of nitrogens with zero attached hydrogens (tertiary/aromatic N) is 2. The third-order valence-corrected chi connectivity index (χ3v) is 3.87. The van der Waals surface area contributed by atoms with E-state index >= 15 is 0 Å². The molecule has 0 bridgehead atoms. The zero-order valence-electron chi connectivity index (χ0n) is 13.3. The van der Waals surface area contributed by atoms with Crippen LogP contribution in [0.5, 0.6) is 0 Å². The van der Waals surface area contributed by atoms with E-state index < -0.39 is 0 Å². The Morgan fingerprint density at radius 1 is 1.17 bits per heavy atom. The quantitative estimate of drug-likeness (QED) is 0.699. The van der Waals surface area contributed by atoms with Gasteiger partial charge in [0.1, 0.15) is 6.26 Å². The molecule has 0 radical (unpaired) electrons. The molecule has 0 fully saturated rings. The smallest absolute Gasteiger partial charge is 0.228 e. The summed E-state index contributed by atoms with van der Waals surface area (Å²) >= 11 is 5.97. The predicted octanol–water partition coefficient (Wildman–Crippen LogP) is 4.20. The molecular formula is C19H17ClN2O2. The zero-order valence-corrected chi connectivity index (χ0v) is 14.0. The van der Waals surface area contributed by atoms with Gasteiger partial charge >= 0.3 is 0 Å². The van der Waals surface area contributed by atoms with Crippen molar-refractivity contribution >= 4 is 17.5 Å². The van der Waals surface area contributed by atoms with E-state index in [4.69, 9.17) is 16.0 Å². The van der Waals surface area contributed by atoms with Crippen molar-refractivity contribution in [3.8, 4) is 11.5 Å². The first-order chi connectivity index (χ1) is 11.6. The number of aromatic nitrogens is 1. The van der Waals surface area contributed by atoms with Crippen molar-refractivity contribution in [2.45, 2.75) is 13.0 Å². The molecule has 122 valence electrons. The van der Waals surface area contributed by atoms with Crippen molar-refractivity contribution in [1.82, 2.24) is 9.88 Å². The number of oxazole rings is 1. The molecule has 3 aromatic rings. The van der Waals surface area contributed by atoms with Crippen molar-refractivity contribution in [3.63, 3.8) is 0 Å². The first-order valence-electron chi connectivity index (χ1n) is 7.60. The molecule has 0 aliphatic heterocycles. The fourth-order valence-corrected chi connectivity index (χ4v) is 2.60. The van der Waals surface area contributed by atoms with Crippen LogP contribution in [0.2, 0.25) is 5.02 Å². The van der Waals surface area contributed by atoms with Gasteiger partial charge in [0.25, 0.3) is 0 Å². The molecule has 0 aliphatic carbocycles. The minimum absolute atomic E-state index is 0.0251. The number of amides is 1. The van der Waals surface area contributed by atoms with E-state index in [9.17, 15) is 4.79 Å². The Morgan fingerprint density at radius 3 is 2.71 bits per heavy atom. The summed E-state index contributed by atoms with van der Waals surface area (Å²) in [4.78, 5) is 18.4. The van der Waals surface area contributed by atoms with E-state index in [1.165, 1.54) is 6.26 Å². The summed E-state index contributed by atoms with van der Waals surface area (Å²) < 4.78 is 5.47.